The van der Waals surface area contributed by atoms with E-state index in [9.17, 15) is 9.90 Å². The van der Waals surface area contributed by atoms with Crippen molar-refractivity contribution in [3.05, 3.63) is 101 Å². The second-order valence-electron chi connectivity index (χ2n) is 9.30. The number of rotatable bonds is 11. The number of benzene rings is 2. The molecule has 10 nitrogen and oxygen atoms in total. The molecule has 2 aromatic carbocycles. The first-order valence-corrected chi connectivity index (χ1v) is 13.3. The number of aliphatic hydroxyl groups is 1. The fraction of sp³-hybridized carbons (Fsp3) is 0.267. The van der Waals surface area contributed by atoms with E-state index in [1.807, 2.05) is 62.4 Å². The van der Waals surface area contributed by atoms with Gasteiger partial charge in [0.15, 0.2) is 17.3 Å². The van der Waals surface area contributed by atoms with Crippen LogP contribution in [-0.2, 0) is 17.8 Å². The number of fused-ring (bicyclic) bond motifs is 1. The number of pyridine rings is 1. The van der Waals surface area contributed by atoms with Crippen LogP contribution < -0.4 is 20.1 Å². The number of carbonyl (C=O) groups excluding carboxylic acids is 1. The minimum absolute atomic E-state index is 0.0406. The van der Waals surface area contributed by atoms with Crippen molar-refractivity contribution in [3.8, 4) is 11.5 Å². The smallest absolute Gasteiger partial charge is 0.255 e. The summed E-state index contributed by atoms with van der Waals surface area (Å²) in [6.07, 6.45) is 4.30. The van der Waals surface area contributed by atoms with Crippen molar-refractivity contribution < 1.29 is 19.4 Å². The average molecular weight is 541 g/mol. The molecule has 0 saturated heterocycles. The molecule has 0 radical (unpaired) electrons. The maximum atomic E-state index is 13.7. The summed E-state index contributed by atoms with van der Waals surface area (Å²) in [7, 11) is 0. The Balaban J connectivity index is 1.53. The molecule has 1 amide bonds. The van der Waals surface area contributed by atoms with Gasteiger partial charge >= 0.3 is 0 Å². The summed E-state index contributed by atoms with van der Waals surface area (Å²) in [4.78, 5) is 22.4. The largest absolute Gasteiger partial charge is 0.490 e. The number of aryl methyl sites for hydroxylation is 1. The SMILES string of the molecule is CCOc1cc(C2C(C(=O)Nc3cccnc3)=C(C)Nc3nc(CCCO)nn32)ccc1OCc1ccccc1. The molecule has 1 unspecified atom stereocenters. The number of ether oxygens (including phenoxy) is 2. The Morgan fingerprint density at radius 1 is 1.10 bits per heavy atom. The van der Waals surface area contributed by atoms with Gasteiger partial charge < -0.3 is 25.2 Å². The number of nitrogens with one attached hydrogen (secondary N) is 2. The highest BCUT2D eigenvalue weighted by Gasteiger charge is 2.35. The lowest BCUT2D eigenvalue weighted by Crippen LogP contribution is -2.31. The van der Waals surface area contributed by atoms with E-state index in [0.717, 1.165) is 11.1 Å². The molecule has 0 aliphatic carbocycles. The summed E-state index contributed by atoms with van der Waals surface area (Å²) in [6, 6.07) is 18.5. The molecule has 0 spiro atoms. The lowest BCUT2D eigenvalue weighted by atomic mass is 9.94. The Labute approximate surface area is 232 Å². The monoisotopic (exact) mass is 540 g/mol. The first kappa shape index (κ1) is 26.9. The van der Waals surface area contributed by atoms with Gasteiger partial charge in [0, 0.05) is 24.9 Å². The summed E-state index contributed by atoms with van der Waals surface area (Å²) in [6.45, 7) is 4.64. The zero-order chi connectivity index (χ0) is 27.9. The lowest BCUT2D eigenvalue weighted by molar-refractivity contribution is -0.113. The van der Waals surface area contributed by atoms with Gasteiger partial charge in [-0.15, -0.1) is 0 Å². The van der Waals surface area contributed by atoms with Crippen LogP contribution in [0.2, 0.25) is 0 Å². The third kappa shape index (κ3) is 5.97. The van der Waals surface area contributed by atoms with Crippen LogP contribution in [0.4, 0.5) is 11.6 Å². The van der Waals surface area contributed by atoms with Gasteiger partial charge in [0.1, 0.15) is 12.6 Å². The normalized spacial score (nSPS) is 14.3. The molecule has 206 valence electrons. The second-order valence-corrected chi connectivity index (χ2v) is 9.30. The summed E-state index contributed by atoms with van der Waals surface area (Å²) >= 11 is 0. The van der Waals surface area contributed by atoms with Crippen molar-refractivity contribution in [1.29, 1.82) is 0 Å². The number of allylic oxidation sites excluding steroid dienone is 1. The van der Waals surface area contributed by atoms with E-state index in [1.165, 1.54) is 0 Å². The van der Waals surface area contributed by atoms with Crippen LogP contribution in [0.15, 0.2) is 84.3 Å². The Morgan fingerprint density at radius 2 is 1.95 bits per heavy atom. The molecule has 1 aliphatic heterocycles. The molecule has 1 atom stereocenters. The first-order chi connectivity index (χ1) is 19.6. The van der Waals surface area contributed by atoms with Crippen LogP contribution in [-0.4, -0.2) is 44.0 Å². The molecule has 2 aromatic heterocycles. The molecule has 40 heavy (non-hydrogen) atoms. The van der Waals surface area contributed by atoms with Gasteiger partial charge in [-0.1, -0.05) is 36.4 Å². The second kappa shape index (κ2) is 12.4. The fourth-order valence-electron chi connectivity index (χ4n) is 4.59. The quantitative estimate of drug-likeness (QED) is 0.254. The van der Waals surface area contributed by atoms with Crippen LogP contribution in [0.5, 0.6) is 11.5 Å². The molecular weight excluding hydrogens is 508 g/mol. The average Bonchev–Trinajstić information content (AvgIpc) is 3.38. The highest BCUT2D eigenvalue weighted by Crippen LogP contribution is 2.39. The fourth-order valence-corrected chi connectivity index (χ4v) is 4.59. The Kier molecular flexibility index (Phi) is 8.36. The van der Waals surface area contributed by atoms with E-state index < -0.39 is 6.04 Å². The predicted molar refractivity (Wildman–Crippen MR) is 151 cm³/mol. The van der Waals surface area contributed by atoms with Crippen LogP contribution in [0.3, 0.4) is 0 Å². The zero-order valence-corrected chi connectivity index (χ0v) is 22.5. The molecule has 1 aliphatic rings. The minimum Gasteiger partial charge on any atom is -0.490 e. The van der Waals surface area contributed by atoms with Gasteiger partial charge in [0.25, 0.3) is 5.91 Å². The van der Waals surface area contributed by atoms with Gasteiger partial charge in [-0.2, -0.15) is 10.1 Å². The Bertz CT molecular complexity index is 1490. The first-order valence-electron chi connectivity index (χ1n) is 13.3. The maximum absolute atomic E-state index is 13.7. The number of carbonyl (C=O) groups is 1. The maximum Gasteiger partial charge on any atom is 0.255 e. The van der Waals surface area contributed by atoms with E-state index in [1.54, 1.807) is 29.2 Å². The van der Waals surface area contributed by atoms with E-state index >= 15 is 0 Å². The van der Waals surface area contributed by atoms with Crippen LogP contribution in [0, 0.1) is 0 Å². The van der Waals surface area contributed by atoms with Gasteiger partial charge in [0.05, 0.1) is 24.1 Å². The summed E-state index contributed by atoms with van der Waals surface area (Å²) in [5.41, 5.74) is 3.55. The van der Waals surface area contributed by atoms with Gasteiger partial charge in [-0.05, 0) is 55.7 Å². The summed E-state index contributed by atoms with van der Waals surface area (Å²) in [5.74, 6) is 1.99. The van der Waals surface area contributed by atoms with Crippen LogP contribution >= 0.6 is 0 Å². The highest BCUT2D eigenvalue weighted by atomic mass is 16.5. The predicted octanol–water partition coefficient (Wildman–Crippen LogP) is 4.50. The van der Waals surface area contributed by atoms with Gasteiger partial charge in [-0.3, -0.25) is 9.78 Å². The molecule has 10 heteroatoms. The van der Waals surface area contributed by atoms with Gasteiger partial charge in [0.2, 0.25) is 5.95 Å². The van der Waals surface area contributed by atoms with Crippen molar-refractivity contribution in [2.45, 2.75) is 39.3 Å². The van der Waals surface area contributed by atoms with Gasteiger partial charge in [-0.25, -0.2) is 4.68 Å². The third-order valence-corrected chi connectivity index (χ3v) is 6.44. The van der Waals surface area contributed by atoms with E-state index in [4.69, 9.17) is 14.6 Å². The number of aliphatic hydroxyl groups excluding tert-OH is 1. The summed E-state index contributed by atoms with van der Waals surface area (Å²) in [5, 5.41) is 20.2. The van der Waals surface area contributed by atoms with Crippen molar-refractivity contribution >= 4 is 17.5 Å². The zero-order valence-electron chi connectivity index (χ0n) is 22.5. The molecule has 0 bridgehead atoms. The molecule has 5 rings (SSSR count). The third-order valence-electron chi connectivity index (χ3n) is 6.44. The lowest BCUT2D eigenvalue weighted by Gasteiger charge is -2.29. The Hall–Kier alpha value is -4.70. The van der Waals surface area contributed by atoms with Crippen molar-refractivity contribution in [2.24, 2.45) is 0 Å². The molecule has 0 fully saturated rings. The van der Waals surface area contributed by atoms with E-state index in [2.05, 4.69) is 20.6 Å². The van der Waals surface area contributed by atoms with Crippen LogP contribution in [0.1, 0.15) is 43.3 Å². The number of hydrogen-bond donors (Lipinski definition) is 3. The number of amides is 1. The topological polar surface area (TPSA) is 123 Å². The molecular formula is C30H32N6O4. The molecule has 3 N–H and O–H groups in total. The standard InChI is InChI=1S/C30H32N6O4/c1-3-39-25-17-22(13-14-24(25)40-19-21-9-5-4-6-10-21)28-27(29(38)33-23-11-7-15-31-18-23)20(2)32-30-34-26(12-8-16-37)35-36(28)30/h4-7,9-11,13-15,17-18,28,37H,3,8,12,16,19H2,1-2H3,(H,33,38)(H,32,34,35). The number of aromatic nitrogens is 4. The molecule has 3 heterocycles. The van der Waals surface area contributed by atoms with Crippen LogP contribution in [0.25, 0.3) is 0 Å². The van der Waals surface area contributed by atoms with E-state index in [0.29, 0.717) is 66.3 Å². The molecule has 0 saturated carbocycles. The van der Waals surface area contributed by atoms with Crippen molar-refractivity contribution in [1.82, 2.24) is 19.7 Å². The van der Waals surface area contributed by atoms with E-state index in [-0.39, 0.29) is 12.5 Å². The van der Waals surface area contributed by atoms with Crippen molar-refractivity contribution in [3.63, 3.8) is 0 Å². The highest BCUT2D eigenvalue weighted by molar-refractivity contribution is 6.05. The number of nitrogens with zero attached hydrogens (tertiary/aromatic N) is 4. The minimum atomic E-state index is -0.592. The number of anilines is 2. The van der Waals surface area contributed by atoms with Crippen molar-refractivity contribution in [2.75, 3.05) is 23.8 Å². The summed E-state index contributed by atoms with van der Waals surface area (Å²) < 4.78 is 13.8. The Morgan fingerprint density at radius 3 is 2.70 bits per heavy atom. The molecule has 4 aromatic rings. The number of hydrogen-bond acceptors (Lipinski definition) is 8.